The second-order valence-corrected chi connectivity index (χ2v) is 3.63. The quantitative estimate of drug-likeness (QED) is 0.161. The van der Waals surface area contributed by atoms with E-state index in [2.05, 4.69) is 22.9 Å². The number of carboxylic acids is 2. The van der Waals surface area contributed by atoms with E-state index in [4.69, 9.17) is 25.5 Å². The van der Waals surface area contributed by atoms with Crippen LogP contribution in [-0.2, 0) is 24.1 Å². The lowest BCUT2D eigenvalue weighted by molar-refractivity contribution is -0.259. The molecule has 0 aromatic carbocycles. The van der Waals surface area contributed by atoms with Crippen LogP contribution in [0.4, 0.5) is 0 Å². The van der Waals surface area contributed by atoms with Crippen LogP contribution in [0.3, 0.4) is 0 Å². The zero-order valence-corrected chi connectivity index (χ0v) is 11.0. The van der Waals surface area contributed by atoms with Crippen molar-refractivity contribution in [3.8, 4) is 0 Å². The third kappa shape index (κ3) is 7.74. The van der Waals surface area contributed by atoms with Crippen LogP contribution in [0.1, 0.15) is 0 Å². The van der Waals surface area contributed by atoms with Gasteiger partial charge in [-0.05, 0) is 13.2 Å². The van der Waals surface area contributed by atoms with E-state index in [1.807, 2.05) is 0 Å². The number of carboxylic acid groups (broad SMARTS) is 2. The van der Waals surface area contributed by atoms with E-state index in [1.54, 1.807) is 0 Å². The molecule has 0 bridgehead atoms. The first-order chi connectivity index (χ1) is 9.81. The lowest BCUT2D eigenvalue weighted by Gasteiger charge is -2.24. The van der Waals surface area contributed by atoms with E-state index in [9.17, 15) is 9.59 Å². The van der Waals surface area contributed by atoms with Gasteiger partial charge in [0, 0.05) is 0 Å². The van der Waals surface area contributed by atoms with Crippen molar-refractivity contribution in [2.45, 2.75) is 0 Å². The molecule has 0 amide bonds. The molecule has 0 heterocycles. The zero-order chi connectivity index (χ0) is 16.4. The van der Waals surface area contributed by atoms with Gasteiger partial charge in [-0.3, -0.25) is 19.4 Å². The lowest BCUT2D eigenvalue weighted by atomic mass is 10.5. The summed E-state index contributed by atoms with van der Waals surface area (Å²) in [5, 5.41) is 34.2. The Balaban J connectivity index is 4.49. The van der Waals surface area contributed by atoms with Crippen molar-refractivity contribution in [2.75, 3.05) is 26.6 Å². The Bertz CT molecular complexity index is 366. The molecule has 120 valence electrons. The van der Waals surface area contributed by atoms with Gasteiger partial charge in [-0.15, -0.1) is 0 Å². The van der Waals surface area contributed by atoms with Crippen LogP contribution in [0.15, 0.2) is 24.9 Å². The smallest absolute Gasteiger partial charge is 0.317 e. The molecule has 0 saturated heterocycles. The fourth-order valence-corrected chi connectivity index (χ4v) is 1.17. The van der Waals surface area contributed by atoms with Gasteiger partial charge < -0.3 is 24.7 Å². The first-order valence-corrected chi connectivity index (χ1v) is 5.33. The Kier molecular flexibility index (Phi) is 8.48. The highest BCUT2D eigenvalue weighted by molar-refractivity contribution is 5.72. The summed E-state index contributed by atoms with van der Waals surface area (Å²) in [6, 6.07) is 0. The van der Waals surface area contributed by atoms with Gasteiger partial charge in [0.25, 0.3) is 0 Å². The summed E-state index contributed by atoms with van der Waals surface area (Å²) < 4.78 is 5.03. The number of aliphatic carboxylic acids is 2. The molecule has 0 aliphatic rings. The van der Waals surface area contributed by atoms with Crippen molar-refractivity contribution < 1.29 is 44.8 Å². The first-order valence-electron chi connectivity index (χ1n) is 5.33. The topological polar surface area (TPSA) is 149 Å². The van der Waals surface area contributed by atoms with Crippen LogP contribution >= 0.6 is 0 Å². The molecule has 21 heavy (non-hydrogen) atoms. The Morgan fingerprint density at radius 2 is 1.33 bits per heavy atom. The standard InChI is InChI=1S/C10H16N2O9/c1-7(20-17)12(8(2)21-18)6-19-5-11(3-9(13)14)4-10(15)16/h17-18H,1-6H2,(H,13,14)(H,15,16). The van der Waals surface area contributed by atoms with E-state index in [0.29, 0.717) is 0 Å². The van der Waals surface area contributed by atoms with E-state index in [0.717, 1.165) is 9.80 Å². The minimum absolute atomic E-state index is 0.369. The molecule has 11 heteroatoms. The maximum Gasteiger partial charge on any atom is 0.317 e. The van der Waals surface area contributed by atoms with Crippen LogP contribution in [0.2, 0.25) is 0 Å². The maximum atomic E-state index is 10.6. The monoisotopic (exact) mass is 308 g/mol. The molecule has 4 N–H and O–H groups in total. The van der Waals surface area contributed by atoms with Crippen molar-refractivity contribution >= 4 is 11.9 Å². The predicted molar refractivity (Wildman–Crippen MR) is 65.2 cm³/mol. The zero-order valence-electron chi connectivity index (χ0n) is 11.0. The molecule has 0 radical (unpaired) electrons. The van der Waals surface area contributed by atoms with Gasteiger partial charge >= 0.3 is 11.9 Å². The molecule has 0 aliphatic heterocycles. The molecule has 0 rings (SSSR count). The van der Waals surface area contributed by atoms with E-state index < -0.39 is 43.5 Å². The number of hydrogen-bond donors (Lipinski definition) is 4. The van der Waals surface area contributed by atoms with Crippen LogP contribution < -0.4 is 0 Å². The van der Waals surface area contributed by atoms with Crippen molar-refractivity contribution in [1.82, 2.24) is 9.80 Å². The van der Waals surface area contributed by atoms with Crippen molar-refractivity contribution in [2.24, 2.45) is 0 Å². The van der Waals surface area contributed by atoms with Gasteiger partial charge in [0.2, 0.25) is 11.8 Å². The molecule has 0 aliphatic carbocycles. The molecule has 0 atom stereocenters. The summed E-state index contributed by atoms with van der Waals surface area (Å²) in [4.78, 5) is 30.6. The Hall–Kier alpha value is -2.34. The number of rotatable bonds is 12. The number of hydrogen-bond acceptors (Lipinski definition) is 9. The summed E-state index contributed by atoms with van der Waals surface area (Å²) in [5.74, 6) is -3.25. The maximum absolute atomic E-state index is 10.6. The largest absolute Gasteiger partial charge is 0.480 e. The number of carbonyl (C=O) groups is 2. The predicted octanol–water partition coefficient (Wildman–Crippen LogP) is -0.387. The van der Waals surface area contributed by atoms with E-state index >= 15 is 0 Å². The fourth-order valence-electron chi connectivity index (χ4n) is 1.17. The van der Waals surface area contributed by atoms with Gasteiger partial charge in [-0.1, -0.05) is 0 Å². The Morgan fingerprint density at radius 3 is 1.67 bits per heavy atom. The van der Waals surface area contributed by atoms with E-state index in [1.165, 1.54) is 0 Å². The van der Waals surface area contributed by atoms with Crippen molar-refractivity contribution in [3.63, 3.8) is 0 Å². The molecule has 11 nitrogen and oxygen atoms in total. The first kappa shape index (κ1) is 18.7. The second-order valence-electron chi connectivity index (χ2n) is 3.63. The third-order valence-corrected chi connectivity index (χ3v) is 2.02. The molecule has 0 fully saturated rings. The summed E-state index contributed by atoms with van der Waals surface area (Å²) >= 11 is 0. The molecule has 0 aromatic rings. The molecular formula is C10H16N2O9. The van der Waals surface area contributed by atoms with Crippen LogP contribution in [-0.4, -0.2) is 69.0 Å². The Labute approximate surface area is 119 Å². The third-order valence-electron chi connectivity index (χ3n) is 2.02. The fraction of sp³-hybridized carbons (Fsp3) is 0.400. The normalized spacial score (nSPS) is 10.0. The molecule has 0 unspecified atom stereocenters. The summed E-state index contributed by atoms with van der Waals surface area (Å²) in [6.45, 7) is 4.63. The Morgan fingerprint density at radius 1 is 0.905 bits per heavy atom. The summed E-state index contributed by atoms with van der Waals surface area (Å²) in [7, 11) is 0. The highest BCUT2D eigenvalue weighted by Gasteiger charge is 2.17. The lowest BCUT2D eigenvalue weighted by Crippen LogP contribution is -2.38. The summed E-state index contributed by atoms with van der Waals surface area (Å²) in [6.07, 6.45) is 0. The number of ether oxygens (including phenoxy) is 1. The number of nitrogens with zero attached hydrogens (tertiary/aromatic N) is 2. The van der Waals surface area contributed by atoms with Gasteiger partial charge in [0.05, 0.1) is 13.1 Å². The highest BCUT2D eigenvalue weighted by Crippen LogP contribution is 2.10. The molecule has 0 saturated carbocycles. The van der Waals surface area contributed by atoms with Gasteiger partial charge in [0.1, 0.15) is 13.5 Å². The average molecular weight is 308 g/mol. The van der Waals surface area contributed by atoms with Crippen molar-refractivity contribution in [3.05, 3.63) is 24.9 Å². The van der Waals surface area contributed by atoms with E-state index in [-0.39, 0.29) is 6.73 Å². The van der Waals surface area contributed by atoms with Crippen LogP contribution in [0.5, 0.6) is 0 Å². The summed E-state index contributed by atoms with van der Waals surface area (Å²) in [5.41, 5.74) is 0. The van der Waals surface area contributed by atoms with Gasteiger partial charge in [-0.2, -0.15) is 0 Å². The molecule has 0 spiro atoms. The van der Waals surface area contributed by atoms with Crippen LogP contribution in [0, 0.1) is 0 Å². The minimum atomic E-state index is -1.23. The van der Waals surface area contributed by atoms with Crippen molar-refractivity contribution in [1.29, 1.82) is 0 Å². The second kappa shape index (κ2) is 9.55. The highest BCUT2D eigenvalue weighted by atomic mass is 17.1. The molecule has 0 aromatic heterocycles. The SMILES string of the molecule is C=C(OO)N(COCN(CC(=O)O)CC(=O)O)C(=C)OO. The molecular weight excluding hydrogens is 292 g/mol. The van der Waals surface area contributed by atoms with Gasteiger partial charge in [0.15, 0.2) is 0 Å². The minimum Gasteiger partial charge on any atom is -0.480 e. The van der Waals surface area contributed by atoms with Gasteiger partial charge in [-0.25, -0.2) is 10.5 Å². The van der Waals surface area contributed by atoms with Crippen LogP contribution in [0.25, 0.3) is 0 Å². The average Bonchev–Trinajstić information content (AvgIpc) is 2.40.